The van der Waals surface area contributed by atoms with Crippen LogP contribution in [-0.4, -0.2) is 16.1 Å². The number of furan rings is 1. The van der Waals surface area contributed by atoms with Crippen molar-refractivity contribution < 1.29 is 18.7 Å². The van der Waals surface area contributed by atoms with Crippen molar-refractivity contribution in [1.82, 2.24) is 4.98 Å². The van der Waals surface area contributed by atoms with Gasteiger partial charge in [0.25, 0.3) is 6.01 Å². The fourth-order valence-corrected chi connectivity index (χ4v) is 1.93. The summed E-state index contributed by atoms with van der Waals surface area (Å²) >= 11 is 0. The molecule has 1 aromatic carbocycles. The number of hydrogen-bond donors (Lipinski definition) is 1. The van der Waals surface area contributed by atoms with E-state index >= 15 is 0 Å². The summed E-state index contributed by atoms with van der Waals surface area (Å²) in [7, 11) is 0. The Kier molecular flexibility index (Phi) is 2.52. The summed E-state index contributed by atoms with van der Waals surface area (Å²) in [6.45, 7) is 0. The van der Waals surface area contributed by atoms with Crippen LogP contribution >= 0.6 is 0 Å². The number of halogens is 1. The van der Waals surface area contributed by atoms with Gasteiger partial charge in [0.2, 0.25) is 0 Å². The summed E-state index contributed by atoms with van der Waals surface area (Å²) in [6.07, 6.45) is 1.52. The lowest BCUT2D eigenvalue weighted by molar-refractivity contribution is 0.0697. The fraction of sp³-hybridized carbons (Fsp3) is 0. The Hall–Kier alpha value is -2.69. The van der Waals surface area contributed by atoms with Crippen molar-refractivity contribution in [3.8, 4) is 11.3 Å². The van der Waals surface area contributed by atoms with Crippen molar-refractivity contribution in [1.29, 1.82) is 0 Å². The van der Waals surface area contributed by atoms with Crippen molar-refractivity contribution in [2.75, 3.05) is 0 Å². The van der Waals surface area contributed by atoms with Gasteiger partial charge in [-0.2, -0.15) is 4.39 Å². The Labute approximate surface area is 107 Å². The molecule has 19 heavy (non-hydrogen) atoms. The molecular formula is C14H8FNO3. The Morgan fingerprint density at radius 1 is 1.21 bits per heavy atom. The van der Waals surface area contributed by atoms with E-state index in [4.69, 9.17) is 9.52 Å². The molecule has 3 rings (SSSR count). The van der Waals surface area contributed by atoms with Gasteiger partial charge in [-0.3, -0.25) is 4.98 Å². The molecule has 5 heteroatoms. The van der Waals surface area contributed by atoms with Crippen LogP contribution in [0.15, 0.2) is 47.0 Å². The second-order valence-electron chi connectivity index (χ2n) is 4.00. The topological polar surface area (TPSA) is 63.3 Å². The summed E-state index contributed by atoms with van der Waals surface area (Å²) in [4.78, 5) is 15.0. The summed E-state index contributed by atoms with van der Waals surface area (Å²) in [5.74, 6) is -0.993. The molecule has 0 fully saturated rings. The number of aromatic nitrogens is 1. The zero-order chi connectivity index (χ0) is 13.4. The molecule has 0 bridgehead atoms. The highest BCUT2D eigenvalue weighted by atomic mass is 19.1. The number of benzene rings is 1. The van der Waals surface area contributed by atoms with E-state index in [9.17, 15) is 9.18 Å². The minimum atomic E-state index is -0.993. The lowest BCUT2D eigenvalue weighted by atomic mass is 10.1. The average molecular weight is 257 g/mol. The number of carboxylic acids is 1. The van der Waals surface area contributed by atoms with Crippen LogP contribution in [0.2, 0.25) is 0 Å². The van der Waals surface area contributed by atoms with E-state index in [-0.39, 0.29) is 5.56 Å². The molecule has 3 aromatic rings. The molecule has 0 atom stereocenters. The van der Waals surface area contributed by atoms with Crippen molar-refractivity contribution in [3.63, 3.8) is 0 Å². The zero-order valence-corrected chi connectivity index (χ0v) is 9.63. The van der Waals surface area contributed by atoms with Gasteiger partial charge in [-0.1, -0.05) is 12.1 Å². The molecule has 0 unspecified atom stereocenters. The zero-order valence-electron chi connectivity index (χ0n) is 9.63. The Bertz CT molecular complexity index is 762. The van der Waals surface area contributed by atoms with Crippen LogP contribution in [0.3, 0.4) is 0 Å². The molecule has 2 aromatic heterocycles. The van der Waals surface area contributed by atoms with Crippen LogP contribution in [0.25, 0.3) is 22.2 Å². The molecule has 0 saturated carbocycles. The van der Waals surface area contributed by atoms with Gasteiger partial charge in [0.1, 0.15) is 5.58 Å². The highest BCUT2D eigenvalue weighted by molar-refractivity contribution is 5.93. The molecule has 94 valence electrons. The van der Waals surface area contributed by atoms with Gasteiger partial charge < -0.3 is 9.52 Å². The number of pyridine rings is 1. The van der Waals surface area contributed by atoms with Crippen LogP contribution in [0.1, 0.15) is 10.4 Å². The van der Waals surface area contributed by atoms with E-state index in [1.807, 2.05) is 0 Å². The molecule has 0 aliphatic heterocycles. The summed E-state index contributed by atoms with van der Waals surface area (Å²) in [5, 5.41) is 9.40. The van der Waals surface area contributed by atoms with Crippen molar-refractivity contribution in [2.45, 2.75) is 0 Å². The minimum absolute atomic E-state index is 0.189. The molecule has 1 N–H and O–H groups in total. The third kappa shape index (κ3) is 1.95. The standard InChI is InChI=1S/C14H8FNO3/c15-12-7-10-11(19-12)5-6-16-13(10)8-1-3-9(4-2-8)14(17)18/h1-7H,(H,17,18). The molecule has 2 heterocycles. The van der Waals surface area contributed by atoms with Gasteiger partial charge in [0, 0.05) is 23.2 Å². The van der Waals surface area contributed by atoms with Gasteiger partial charge in [-0.05, 0) is 18.2 Å². The minimum Gasteiger partial charge on any atom is -0.478 e. The number of rotatable bonds is 2. The van der Waals surface area contributed by atoms with Gasteiger partial charge in [-0.25, -0.2) is 4.79 Å². The van der Waals surface area contributed by atoms with Crippen LogP contribution < -0.4 is 0 Å². The van der Waals surface area contributed by atoms with Gasteiger partial charge >= 0.3 is 5.97 Å². The lowest BCUT2D eigenvalue weighted by Gasteiger charge is -2.02. The van der Waals surface area contributed by atoms with E-state index in [0.717, 1.165) is 0 Å². The first kappa shape index (κ1) is 11.4. The molecule has 0 aliphatic rings. The first-order valence-electron chi connectivity index (χ1n) is 5.53. The van der Waals surface area contributed by atoms with E-state index in [1.165, 1.54) is 24.4 Å². The van der Waals surface area contributed by atoms with Crippen LogP contribution in [-0.2, 0) is 0 Å². The maximum Gasteiger partial charge on any atom is 0.335 e. The number of nitrogens with zero attached hydrogens (tertiary/aromatic N) is 1. The predicted molar refractivity (Wildman–Crippen MR) is 66.4 cm³/mol. The third-order valence-corrected chi connectivity index (χ3v) is 2.82. The molecular weight excluding hydrogens is 249 g/mol. The summed E-state index contributed by atoms with van der Waals surface area (Å²) in [5.41, 5.74) is 1.86. The normalized spacial score (nSPS) is 10.8. The Balaban J connectivity index is 2.15. The van der Waals surface area contributed by atoms with E-state index in [2.05, 4.69) is 4.98 Å². The van der Waals surface area contributed by atoms with Crippen molar-refractivity contribution in [3.05, 3.63) is 54.2 Å². The number of hydrogen-bond acceptors (Lipinski definition) is 3. The first-order valence-corrected chi connectivity index (χ1v) is 5.53. The SMILES string of the molecule is O=C(O)c1ccc(-c2nccc3oc(F)cc23)cc1. The number of aromatic carboxylic acids is 1. The van der Waals surface area contributed by atoms with Crippen molar-refractivity contribution >= 4 is 16.9 Å². The van der Waals surface area contributed by atoms with Crippen molar-refractivity contribution in [2.24, 2.45) is 0 Å². The van der Waals surface area contributed by atoms with Crippen LogP contribution in [0.5, 0.6) is 0 Å². The number of fused-ring (bicyclic) bond motifs is 1. The molecule has 0 radical (unpaired) electrons. The molecule has 0 saturated heterocycles. The van der Waals surface area contributed by atoms with Crippen LogP contribution in [0.4, 0.5) is 4.39 Å². The number of carboxylic acid groups (broad SMARTS) is 1. The van der Waals surface area contributed by atoms with Crippen LogP contribution in [0, 0.1) is 6.01 Å². The van der Waals surface area contributed by atoms with Gasteiger partial charge in [0.05, 0.1) is 11.3 Å². The quantitative estimate of drug-likeness (QED) is 0.764. The Morgan fingerprint density at radius 2 is 1.95 bits per heavy atom. The molecule has 4 nitrogen and oxygen atoms in total. The molecule has 0 aliphatic carbocycles. The average Bonchev–Trinajstić information content (AvgIpc) is 2.78. The van der Waals surface area contributed by atoms with Gasteiger partial charge in [0.15, 0.2) is 0 Å². The second kappa shape index (κ2) is 4.20. The lowest BCUT2D eigenvalue weighted by Crippen LogP contribution is -1.95. The third-order valence-electron chi connectivity index (χ3n) is 2.82. The van der Waals surface area contributed by atoms with E-state index in [0.29, 0.717) is 22.2 Å². The fourth-order valence-electron chi connectivity index (χ4n) is 1.93. The molecule has 0 amide bonds. The Morgan fingerprint density at radius 3 is 2.63 bits per heavy atom. The number of carbonyl (C=O) groups is 1. The summed E-state index contributed by atoms with van der Waals surface area (Å²) in [6, 6.07) is 8.40. The monoisotopic (exact) mass is 257 g/mol. The smallest absolute Gasteiger partial charge is 0.335 e. The highest BCUT2D eigenvalue weighted by Gasteiger charge is 2.11. The highest BCUT2D eigenvalue weighted by Crippen LogP contribution is 2.28. The predicted octanol–water partition coefficient (Wildman–Crippen LogP) is 3.33. The maximum absolute atomic E-state index is 13.1. The second-order valence-corrected chi connectivity index (χ2v) is 4.00. The molecule has 0 spiro atoms. The first-order chi connectivity index (χ1) is 9.15. The van der Waals surface area contributed by atoms with Gasteiger partial charge in [-0.15, -0.1) is 0 Å². The largest absolute Gasteiger partial charge is 0.478 e. The van der Waals surface area contributed by atoms with E-state index in [1.54, 1.807) is 18.2 Å². The summed E-state index contributed by atoms with van der Waals surface area (Å²) < 4.78 is 18.0. The van der Waals surface area contributed by atoms with E-state index < -0.39 is 12.0 Å². The maximum atomic E-state index is 13.1.